The van der Waals surface area contributed by atoms with Gasteiger partial charge in [-0.05, 0) is 112 Å². The number of aromatic nitrogens is 1. The molecule has 0 aliphatic heterocycles. The molecule has 0 aliphatic carbocycles. The van der Waals surface area contributed by atoms with E-state index in [0.29, 0.717) is 17.3 Å². The highest BCUT2D eigenvalue weighted by molar-refractivity contribution is 6.06. The van der Waals surface area contributed by atoms with Crippen LogP contribution in [0.5, 0.6) is 11.5 Å². The minimum atomic E-state index is -4.75. The molecule has 0 spiro atoms. The van der Waals surface area contributed by atoms with Crippen LogP contribution in [0.15, 0.2) is 72.9 Å². The smallest absolute Gasteiger partial charge is 0.418 e. The van der Waals surface area contributed by atoms with E-state index in [2.05, 4.69) is 5.32 Å². The van der Waals surface area contributed by atoms with Crippen LogP contribution in [-0.2, 0) is 22.7 Å². The molecule has 0 saturated carbocycles. The topological polar surface area (TPSA) is 69.6 Å². The molecule has 0 unspecified atom stereocenters. The highest BCUT2D eigenvalue weighted by Crippen LogP contribution is 2.36. The Labute approximate surface area is 257 Å². The number of anilines is 1. The maximum Gasteiger partial charge on any atom is 0.418 e. The van der Waals surface area contributed by atoms with Crippen molar-refractivity contribution in [3.63, 3.8) is 0 Å². The molecule has 4 rings (SSSR count). The summed E-state index contributed by atoms with van der Waals surface area (Å²) >= 11 is 0. The maximum absolute atomic E-state index is 15.1. The number of hydrogen-bond donors (Lipinski definition) is 1. The highest BCUT2D eigenvalue weighted by Gasteiger charge is 2.33. The van der Waals surface area contributed by atoms with Crippen LogP contribution in [0.3, 0.4) is 0 Å². The number of nitrogens with zero attached hydrogens (tertiary/aromatic N) is 1. The van der Waals surface area contributed by atoms with Gasteiger partial charge in [-0.3, -0.25) is 9.36 Å². The van der Waals surface area contributed by atoms with Crippen LogP contribution in [-0.4, -0.2) is 22.2 Å². The number of aryl methyl sites for hydroxylation is 1. The Kier molecular flexibility index (Phi) is 9.14. The molecule has 0 radical (unpaired) electrons. The summed E-state index contributed by atoms with van der Waals surface area (Å²) in [6.07, 6.45) is -3.69. The Bertz CT molecular complexity index is 1740. The summed E-state index contributed by atoms with van der Waals surface area (Å²) in [7, 11) is 0. The van der Waals surface area contributed by atoms with Crippen LogP contribution in [0, 0.1) is 18.6 Å². The zero-order valence-electron chi connectivity index (χ0n) is 25.6. The predicted octanol–water partition coefficient (Wildman–Crippen LogP) is 9.44. The van der Waals surface area contributed by atoms with E-state index >= 15 is 4.39 Å². The van der Waals surface area contributed by atoms with Gasteiger partial charge in [-0.1, -0.05) is 13.8 Å². The number of rotatable bonds is 7. The maximum atomic E-state index is 15.1. The molecule has 0 bridgehead atoms. The highest BCUT2D eigenvalue weighted by atomic mass is 19.4. The van der Waals surface area contributed by atoms with Gasteiger partial charge in [0.15, 0.2) is 0 Å². The van der Waals surface area contributed by atoms with Gasteiger partial charge in [-0.25, -0.2) is 13.6 Å². The normalized spacial score (nSPS) is 12.2. The molecule has 3 aromatic carbocycles. The summed E-state index contributed by atoms with van der Waals surface area (Å²) in [5, 5.41) is 2.54. The summed E-state index contributed by atoms with van der Waals surface area (Å²) in [5.41, 5.74) is -1.80. The molecule has 11 heteroatoms. The molecular weight excluding hydrogens is 595 g/mol. The van der Waals surface area contributed by atoms with Crippen molar-refractivity contribution in [1.29, 1.82) is 0 Å². The van der Waals surface area contributed by atoms with E-state index in [4.69, 9.17) is 9.47 Å². The lowest BCUT2D eigenvalue weighted by Gasteiger charge is -2.28. The minimum Gasteiger partial charge on any atom is -0.456 e. The number of nitrogens with one attached hydrogen (secondary N) is 1. The third-order valence-electron chi connectivity index (χ3n) is 6.88. The Morgan fingerprint density at radius 3 is 2.20 bits per heavy atom. The number of carbonyl (C=O) groups excluding carboxylic acids is 2. The molecule has 0 aliphatic rings. The summed E-state index contributed by atoms with van der Waals surface area (Å²) < 4.78 is 81.9. The summed E-state index contributed by atoms with van der Waals surface area (Å²) in [5.74, 6) is -2.09. The van der Waals surface area contributed by atoms with Crippen molar-refractivity contribution < 1.29 is 41.0 Å². The summed E-state index contributed by atoms with van der Waals surface area (Å²) in [6, 6.07) is 13.3. The second-order valence-corrected chi connectivity index (χ2v) is 12.3. The molecule has 6 nitrogen and oxygen atoms in total. The van der Waals surface area contributed by atoms with Crippen LogP contribution in [0.25, 0.3) is 0 Å². The number of benzene rings is 3. The van der Waals surface area contributed by atoms with Gasteiger partial charge in [-0.2, -0.15) is 13.2 Å². The standard InChI is InChI=1S/C34H33F5N2O4/c1-20-16-23(35)10-14-27(20)44-28-13-9-22(34(37,38)39)18-25(28)30(42)40-24-11-12-26(36)21(17-24)19-33(5,6)29-8-7-15-41(29)31(43)45-32(2,3)4/h7-18H,19H2,1-6H3,(H,40,42). The molecule has 238 valence electrons. The first kappa shape index (κ1) is 33.2. The van der Waals surface area contributed by atoms with Crippen molar-refractivity contribution >= 4 is 17.7 Å². The lowest BCUT2D eigenvalue weighted by Crippen LogP contribution is -2.32. The number of amides is 1. The quantitative estimate of drug-likeness (QED) is 0.207. The van der Waals surface area contributed by atoms with Gasteiger partial charge in [0.05, 0.1) is 11.1 Å². The van der Waals surface area contributed by atoms with Crippen molar-refractivity contribution in [2.75, 3.05) is 5.32 Å². The molecule has 1 aromatic heterocycles. The Balaban J connectivity index is 1.63. The van der Waals surface area contributed by atoms with Crippen LogP contribution in [0.4, 0.5) is 32.4 Å². The molecule has 0 saturated heterocycles. The fraction of sp³-hybridized carbons (Fsp3) is 0.294. The molecule has 45 heavy (non-hydrogen) atoms. The predicted molar refractivity (Wildman–Crippen MR) is 160 cm³/mol. The monoisotopic (exact) mass is 628 g/mol. The van der Waals surface area contributed by atoms with Gasteiger partial charge in [0.1, 0.15) is 28.7 Å². The van der Waals surface area contributed by atoms with Gasteiger partial charge in [0.2, 0.25) is 0 Å². The van der Waals surface area contributed by atoms with Crippen molar-refractivity contribution in [2.45, 2.75) is 65.2 Å². The first-order valence-corrected chi connectivity index (χ1v) is 14.0. The van der Waals surface area contributed by atoms with E-state index < -0.39 is 52.0 Å². The Morgan fingerprint density at radius 1 is 0.867 bits per heavy atom. The fourth-order valence-corrected chi connectivity index (χ4v) is 4.77. The molecule has 0 fully saturated rings. The van der Waals surface area contributed by atoms with E-state index in [9.17, 15) is 27.2 Å². The minimum absolute atomic E-state index is 0.0944. The molecule has 1 N–H and O–H groups in total. The largest absolute Gasteiger partial charge is 0.456 e. The lowest BCUT2D eigenvalue weighted by molar-refractivity contribution is -0.137. The van der Waals surface area contributed by atoms with Crippen LogP contribution >= 0.6 is 0 Å². The Hall–Kier alpha value is -4.67. The van der Waals surface area contributed by atoms with Crippen molar-refractivity contribution in [3.8, 4) is 11.5 Å². The van der Waals surface area contributed by atoms with Gasteiger partial charge in [-0.15, -0.1) is 0 Å². The van der Waals surface area contributed by atoms with Crippen LogP contribution < -0.4 is 10.1 Å². The molecular formula is C34H33F5N2O4. The van der Waals surface area contributed by atoms with Crippen LogP contribution in [0.1, 0.15) is 67.4 Å². The average molecular weight is 629 g/mol. The van der Waals surface area contributed by atoms with Crippen molar-refractivity contribution in [2.24, 2.45) is 0 Å². The number of halogens is 5. The number of carbonyl (C=O) groups is 2. The van der Waals surface area contributed by atoms with Crippen molar-refractivity contribution in [1.82, 2.24) is 4.57 Å². The third-order valence-corrected chi connectivity index (χ3v) is 6.88. The number of hydrogen-bond acceptors (Lipinski definition) is 4. The lowest BCUT2D eigenvalue weighted by atomic mass is 9.82. The zero-order chi connectivity index (χ0) is 33.3. The molecule has 0 atom stereocenters. The Morgan fingerprint density at radius 2 is 1.56 bits per heavy atom. The van der Waals surface area contributed by atoms with E-state index in [-0.39, 0.29) is 29.2 Å². The zero-order valence-corrected chi connectivity index (χ0v) is 25.6. The van der Waals surface area contributed by atoms with E-state index in [1.807, 2.05) is 13.8 Å². The van der Waals surface area contributed by atoms with Crippen molar-refractivity contribution in [3.05, 3.63) is 113 Å². The van der Waals surface area contributed by atoms with Gasteiger partial charge < -0.3 is 14.8 Å². The van der Waals surface area contributed by atoms with E-state index in [1.54, 1.807) is 46.0 Å². The van der Waals surface area contributed by atoms with Gasteiger partial charge in [0.25, 0.3) is 5.91 Å². The SMILES string of the molecule is Cc1cc(F)ccc1Oc1ccc(C(F)(F)F)cc1C(=O)Nc1ccc(F)c(CC(C)(C)c2cccn2C(=O)OC(C)(C)C)c1. The first-order valence-electron chi connectivity index (χ1n) is 14.0. The number of alkyl halides is 3. The fourth-order valence-electron chi connectivity index (χ4n) is 4.77. The van der Waals surface area contributed by atoms with E-state index in [0.717, 1.165) is 24.3 Å². The first-order chi connectivity index (χ1) is 20.8. The van der Waals surface area contributed by atoms with Crippen LogP contribution in [0.2, 0.25) is 0 Å². The number of ether oxygens (including phenoxy) is 2. The summed E-state index contributed by atoms with van der Waals surface area (Å²) in [4.78, 5) is 26.2. The van der Waals surface area contributed by atoms with Gasteiger partial charge >= 0.3 is 12.3 Å². The molecule has 4 aromatic rings. The molecule has 1 heterocycles. The van der Waals surface area contributed by atoms with Gasteiger partial charge in [0, 0.05) is 23.0 Å². The van der Waals surface area contributed by atoms with E-state index in [1.165, 1.54) is 28.8 Å². The third kappa shape index (κ3) is 8.09. The molecule has 1 amide bonds. The summed E-state index contributed by atoms with van der Waals surface area (Å²) in [6.45, 7) is 10.4. The second-order valence-electron chi connectivity index (χ2n) is 12.3. The second kappa shape index (κ2) is 12.4. The average Bonchev–Trinajstić information content (AvgIpc) is 3.42.